The average molecular weight is 456 g/mol. The van der Waals surface area contributed by atoms with Crippen LogP contribution in [0.5, 0.6) is 0 Å². The van der Waals surface area contributed by atoms with Crippen molar-refractivity contribution in [3.8, 4) is 0 Å². The van der Waals surface area contributed by atoms with Gasteiger partial charge in [-0.1, -0.05) is 24.3 Å². The molecule has 4 heterocycles. The Labute approximate surface area is 176 Å². The summed E-state index contributed by atoms with van der Waals surface area (Å²) in [6.45, 7) is 3.50. The van der Waals surface area contributed by atoms with Crippen LogP contribution in [-0.2, 0) is 13.0 Å². The number of nitrogens with one attached hydrogen (secondary N) is 1. The van der Waals surface area contributed by atoms with Crippen molar-refractivity contribution in [2.75, 3.05) is 13.1 Å². The number of nitrogens with zero attached hydrogens (tertiary/aromatic N) is 4. The molecule has 29 heavy (non-hydrogen) atoms. The fraction of sp³-hybridized carbons (Fsp3) is 0.381. The summed E-state index contributed by atoms with van der Waals surface area (Å²) >= 11 is 3.45. The van der Waals surface area contributed by atoms with Gasteiger partial charge in [0, 0.05) is 32.0 Å². The van der Waals surface area contributed by atoms with E-state index >= 15 is 0 Å². The zero-order valence-corrected chi connectivity index (χ0v) is 17.7. The third kappa shape index (κ3) is 3.15. The highest BCUT2D eigenvalue weighted by atomic mass is 79.9. The molecular weight excluding hydrogens is 434 g/mol. The van der Waals surface area contributed by atoms with Gasteiger partial charge in [0.15, 0.2) is 0 Å². The Kier molecular flexibility index (Phi) is 4.45. The van der Waals surface area contributed by atoms with Crippen molar-refractivity contribution in [1.29, 1.82) is 0 Å². The van der Waals surface area contributed by atoms with Crippen molar-refractivity contribution in [2.24, 2.45) is 0 Å². The summed E-state index contributed by atoms with van der Waals surface area (Å²) in [5.74, 6) is 0.322. The van der Waals surface area contributed by atoms with Crippen molar-refractivity contribution in [2.45, 2.75) is 38.0 Å². The van der Waals surface area contributed by atoms with Gasteiger partial charge in [-0.25, -0.2) is 9.97 Å². The number of aromatic nitrogens is 3. The van der Waals surface area contributed by atoms with E-state index in [-0.39, 0.29) is 18.0 Å². The third-order valence-corrected chi connectivity index (χ3v) is 6.98. The molecule has 2 aliphatic heterocycles. The molecule has 0 bridgehead atoms. The van der Waals surface area contributed by atoms with Crippen molar-refractivity contribution in [3.63, 3.8) is 0 Å². The van der Waals surface area contributed by atoms with Crippen LogP contribution in [0.15, 0.2) is 41.1 Å². The molecule has 1 saturated heterocycles. The number of β-amino-alcohol motifs (C(OH)–C–C–N with tert-alkyl or cyclic N) is 1. The lowest BCUT2D eigenvalue weighted by Gasteiger charge is -2.48. The van der Waals surface area contributed by atoms with E-state index in [2.05, 4.69) is 43.3 Å². The lowest BCUT2D eigenvalue weighted by atomic mass is 9.76. The van der Waals surface area contributed by atoms with E-state index < -0.39 is 6.10 Å². The number of likely N-dealkylation sites (tertiary alicyclic amines) is 1. The molecule has 1 spiro atoms. The molecule has 0 unspecified atom stereocenters. The van der Waals surface area contributed by atoms with Gasteiger partial charge in [0.05, 0.1) is 21.8 Å². The number of aryl methyl sites for hydroxylation is 1. The first-order valence-corrected chi connectivity index (χ1v) is 10.6. The van der Waals surface area contributed by atoms with E-state index in [1.54, 1.807) is 15.5 Å². The second-order valence-electron chi connectivity index (χ2n) is 7.98. The first kappa shape index (κ1) is 18.7. The van der Waals surface area contributed by atoms with Crippen LogP contribution in [0, 0.1) is 6.92 Å². The molecule has 0 aliphatic carbocycles. The van der Waals surface area contributed by atoms with E-state index in [1.807, 2.05) is 25.3 Å². The molecule has 1 amide bonds. The monoisotopic (exact) mass is 455 g/mol. The molecule has 0 radical (unpaired) electrons. The second kappa shape index (κ2) is 6.90. The summed E-state index contributed by atoms with van der Waals surface area (Å²) in [7, 11) is 0. The van der Waals surface area contributed by atoms with Crippen LogP contribution >= 0.6 is 15.9 Å². The van der Waals surface area contributed by atoms with E-state index in [0.29, 0.717) is 24.4 Å². The van der Waals surface area contributed by atoms with Gasteiger partial charge in [0.2, 0.25) is 5.78 Å². The normalized spacial score (nSPS) is 24.1. The van der Waals surface area contributed by atoms with Gasteiger partial charge in [-0.3, -0.25) is 9.20 Å². The standard InChI is InChI=1S/C21H22BrN5O2/c1-13-16(22)10-27-11-17(25-20(27)24-13)19(29)26-7-6-21(18(28)12-26)8-14-4-2-3-5-15(14)9-23-21/h2-5,10-11,18,23,28H,6-9,12H2,1H3/t18-,21+/m1/s1. The van der Waals surface area contributed by atoms with Crippen LogP contribution in [0.4, 0.5) is 0 Å². The number of halogens is 1. The first-order valence-electron chi connectivity index (χ1n) is 9.76. The number of aliphatic hydroxyl groups excluding tert-OH is 1. The number of carbonyl (C=O) groups excluding carboxylic acids is 1. The summed E-state index contributed by atoms with van der Waals surface area (Å²) in [4.78, 5) is 23.5. The number of carbonyl (C=O) groups is 1. The topological polar surface area (TPSA) is 82.8 Å². The van der Waals surface area contributed by atoms with E-state index in [4.69, 9.17) is 0 Å². The maximum absolute atomic E-state index is 13.0. The average Bonchev–Trinajstić information content (AvgIpc) is 3.12. The number of aliphatic hydroxyl groups is 1. The van der Waals surface area contributed by atoms with Gasteiger partial charge in [0.25, 0.3) is 5.91 Å². The zero-order chi connectivity index (χ0) is 20.2. The molecule has 8 heteroatoms. The highest BCUT2D eigenvalue weighted by Gasteiger charge is 2.45. The summed E-state index contributed by atoms with van der Waals surface area (Å²) < 4.78 is 2.60. The molecule has 7 nitrogen and oxygen atoms in total. The number of rotatable bonds is 1. The number of piperidine rings is 1. The molecule has 0 saturated carbocycles. The Morgan fingerprint density at radius 1 is 1.28 bits per heavy atom. The van der Waals surface area contributed by atoms with Gasteiger partial charge in [-0.15, -0.1) is 0 Å². The van der Waals surface area contributed by atoms with E-state index in [0.717, 1.165) is 23.1 Å². The van der Waals surface area contributed by atoms with E-state index in [1.165, 1.54) is 11.1 Å². The Balaban J connectivity index is 1.35. The van der Waals surface area contributed by atoms with Gasteiger partial charge < -0.3 is 15.3 Å². The fourth-order valence-corrected chi connectivity index (χ4v) is 4.70. The number of hydrogen-bond acceptors (Lipinski definition) is 5. The van der Waals surface area contributed by atoms with Crippen LogP contribution in [0.2, 0.25) is 0 Å². The quantitative estimate of drug-likeness (QED) is 0.586. The minimum Gasteiger partial charge on any atom is -0.389 e. The summed E-state index contributed by atoms with van der Waals surface area (Å²) in [5.41, 5.74) is 3.34. The smallest absolute Gasteiger partial charge is 0.274 e. The lowest BCUT2D eigenvalue weighted by Crippen LogP contribution is -2.65. The molecule has 2 N–H and O–H groups in total. The summed E-state index contributed by atoms with van der Waals surface area (Å²) in [6, 6.07) is 8.34. The molecule has 2 atom stereocenters. The number of fused-ring (bicyclic) bond motifs is 2. The molecule has 2 aromatic heterocycles. The Bertz CT molecular complexity index is 1070. The highest BCUT2D eigenvalue weighted by molar-refractivity contribution is 9.10. The van der Waals surface area contributed by atoms with Gasteiger partial charge in [-0.2, -0.15) is 0 Å². The fourth-order valence-electron chi connectivity index (χ4n) is 4.39. The Morgan fingerprint density at radius 3 is 2.86 bits per heavy atom. The zero-order valence-electron chi connectivity index (χ0n) is 16.1. The Morgan fingerprint density at radius 2 is 2.07 bits per heavy atom. The minimum absolute atomic E-state index is 0.172. The van der Waals surface area contributed by atoms with Gasteiger partial charge in [0.1, 0.15) is 5.69 Å². The number of imidazole rings is 1. The van der Waals surface area contributed by atoms with Gasteiger partial charge >= 0.3 is 0 Å². The first-order chi connectivity index (χ1) is 13.9. The second-order valence-corrected chi connectivity index (χ2v) is 8.83. The molecule has 150 valence electrons. The van der Waals surface area contributed by atoms with Crippen molar-refractivity contribution in [3.05, 3.63) is 63.6 Å². The third-order valence-electron chi connectivity index (χ3n) is 6.20. The predicted molar refractivity (Wildman–Crippen MR) is 112 cm³/mol. The van der Waals surface area contributed by atoms with Crippen LogP contribution < -0.4 is 5.32 Å². The number of hydrogen-bond donors (Lipinski definition) is 2. The lowest BCUT2D eigenvalue weighted by molar-refractivity contribution is -0.0140. The summed E-state index contributed by atoms with van der Waals surface area (Å²) in [6.07, 6.45) is 4.38. The molecule has 2 aliphatic rings. The number of benzene rings is 1. The van der Waals surface area contributed by atoms with Crippen molar-refractivity contribution >= 4 is 27.6 Å². The predicted octanol–water partition coefficient (Wildman–Crippen LogP) is 2.09. The van der Waals surface area contributed by atoms with Crippen molar-refractivity contribution in [1.82, 2.24) is 24.6 Å². The van der Waals surface area contributed by atoms with Crippen LogP contribution in [0.25, 0.3) is 5.78 Å². The maximum atomic E-state index is 13.0. The largest absolute Gasteiger partial charge is 0.389 e. The molecular formula is C21H22BrN5O2. The SMILES string of the molecule is Cc1nc2nc(C(=O)N3CC[C@]4(Cc5ccccc5CN4)[C@H](O)C3)cn2cc1Br. The molecule has 5 rings (SSSR count). The molecule has 3 aromatic rings. The van der Waals surface area contributed by atoms with Crippen LogP contribution in [0.1, 0.15) is 33.7 Å². The number of amides is 1. The van der Waals surface area contributed by atoms with Crippen LogP contribution in [0.3, 0.4) is 0 Å². The van der Waals surface area contributed by atoms with E-state index in [9.17, 15) is 9.90 Å². The van der Waals surface area contributed by atoms with Crippen LogP contribution in [-0.4, -0.2) is 55.0 Å². The van der Waals surface area contributed by atoms with Gasteiger partial charge in [-0.05, 0) is 46.8 Å². The maximum Gasteiger partial charge on any atom is 0.274 e. The minimum atomic E-state index is -0.639. The van der Waals surface area contributed by atoms with Crippen molar-refractivity contribution < 1.29 is 9.90 Å². The highest BCUT2D eigenvalue weighted by Crippen LogP contribution is 2.32. The molecule has 1 fully saturated rings. The molecule has 1 aromatic carbocycles. The Hall–Kier alpha value is -2.29. The summed E-state index contributed by atoms with van der Waals surface area (Å²) in [5, 5.41) is 14.5.